The van der Waals surface area contributed by atoms with E-state index in [2.05, 4.69) is 55.4 Å². The highest BCUT2D eigenvalue weighted by Crippen LogP contribution is 2.71. The van der Waals surface area contributed by atoms with Gasteiger partial charge in [-0.1, -0.05) is 80.2 Å². The first-order chi connectivity index (χ1) is 14.8. The van der Waals surface area contributed by atoms with Crippen molar-refractivity contribution < 1.29 is 9.90 Å². The molecule has 0 aromatic carbocycles. The number of aliphatic hydroxyl groups excluding tert-OH is 1. The number of allylic oxidation sites excluding steroid dienone is 2. The monoisotopic (exact) mass is 442 g/mol. The van der Waals surface area contributed by atoms with Crippen LogP contribution in [-0.4, -0.2) is 17.0 Å². The minimum absolute atomic E-state index is 0.0306. The van der Waals surface area contributed by atoms with E-state index in [1.54, 1.807) is 0 Å². The van der Waals surface area contributed by atoms with Gasteiger partial charge in [0, 0.05) is 17.4 Å². The molecule has 2 nitrogen and oxygen atoms in total. The van der Waals surface area contributed by atoms with Crippen molar-refractivity contribution >= 4 is 5.78 Å². The Hall–Kier alpha value is -0.630. The molecule has 0 aliphatic heterocycles. The summed E-state index contributed by atoms with van der Waals surface area (Å²) in [5, 5.41) is 10.8. The van der Waals surface area contributed by atoms with E-state index < -0.39 is 0 Å². The number of hydrogen-bond acceptors (Lipinski definition) is 2. The highest BCUT2D eigenvalue weighted by Gasteiger charge is 2.65. The number of aliphatic hydroxyl groups is 1. The van der Waals surface area contributed by atoms with Crippen molar-refractivity contribution in [2.75, 3.05) is 0 Å². The molecule has 7 atom stereocenters. The summed E-state index contributed by atoms with van der Waals surface area (Å²) >= 11 is 0. The fourth-order valence-corrected chi connectivity index (χ4v) is 9.35. The second-order valence-electron chi connectivity index (χ2n) is 14.0. The lowest BCUT2D eigenvalue weighted by atomic mass is 9.43. The molecule has 0 saturated heterocycles. The van der Waals surface area contributed by atoms with Gasteiger partial charge < -0.3 is 5.11 Å². The molecule has 2 saturated carbocycles. The van der Waals surface area contributed by atoms with Crippen LogP contribution in [0, 0.1) is 45.3 Å². The van der Waals surface area contributed by atoms with Crippen molar-refractivity contribution in [2.45, 2.75) is 126 Å². The van der Waals surface area contributed by atoms with E-state index in [9.17, 15) is 9.90 Å². The molecule has 4 rings (SSSR count). The van der Waals surface area contributed by atoms with E-state index in [1.807, 2.05) is 0 Å². The van der Waals surface area contributed by atoms with E-state index in [1.165, 1.54) is 49.7 Å². The molecule has 0 bridgehead atoms. The first-order valence-corrected chi connectivity index (χ1v) is 13.7. The van der Waals surface area contributed by atoms with Crippen molar-refractivity contribution in [1.29, 1.82) is 0 Å². The Bertz CT molecular complexity index is 791. The molecule has 0 spiro atoms. The van der Waals surface area contributed by atoms with Crippen molar-refractivity contribution in [1.82, 2.24) is 0 Å². The summed E-state index contributed by atoms with van der Waals surface area (Å²) in [6.07, 6.45) is 11.1. The third-order valence-corrected chi connectivity index (χ3v) is 11.7. The number of carbonyl (C=O) groups is 1. The van der Waals surface area contributed by atoms with Gasteiger partial charge in [-0.2, -0.15) is 0 Å². The van der Waals surface area contributed by atoms with Crippen molar-refractivity contribution in [3.05, 3.63) is 11.1 Å². The SMILES string of the molecule is CC(C)CCC[C@H](C)[C@@H]1CC[C@]2(C)C3=C(CC[C@]12C)[C@]1(C)CC[C@@H](O)C(C)(C)[C@@H]1CC3=O. The zero-order chi connectivity index (χ0) is 23.7. The molecule has 0 aromatic heterocycles. The van der Waals surface area contributed by atoms with E-state index in [-0.39, 0.29) is 33.7 Å². The summed E-state index contributed by atoms with van der Waals surface area (Å²) in [7, 11) is 0. The Kier molecular flexibility index (Phi) is 6.09. The van der Waals surface area contributed by atoms with Gasteiger partial charge in [0.25, 0.3) is 0 Å². The molecule has 0 heterocycles. The second-order valence-corrected chi connectivity index (χ2v) is 14.0. The molecule has 0 aromatic rings. The Morgan fingerprint density at radius 3 is 2.31 bits per heavy atom. The van der Waals surface area contributed by atoms with Crippen LogP contribution in [0.2, 0.25) is 0 Å². The number of rotatable bonds is 5. The highest BCUT2D eigenvalue weighted by atomic mass is 16.3. The van der Waals surface area contributed by atoms with Crippen molar-refractivity contribution in [2.24, 2.45) is 45.3 Å². The molecule has 4 aliphatic rings. The van der Waals surface area contributed by atoms with Gasteiger partial charge in [0.15, 0.2) is 5.78 Å². The highest BCUT2D eigenvalue weighted by molar-refractivity contribution is 5.99. The smallest absolute Gasteiger partial charge is 0.159 e. The average molecular weight is 443 g/mol. The summed E-state index contributed by atoms with van der Waals surface area (Å²) in [5.74, 6) is 2.96. The van der Waals surface area contributed by atoms with Crippen LogP contribution in [0.4, 0.5) is 0 Å². The summed E-state index contributed by atoms with van der Waals surface area (Å²) in [6.45, 7) is 19.0. The molecule has 32 heavy (non-hydrogen) atoms. The number of carbonyl (C=O) groups excluding carboxylic acids is 1. The lowest BCUT2D eigenvalue weighted by molar-refractivity contribution is -0.134. The van der Waals surface area contributed by atoms with Crippen LogP contribution in [0.3, 0.4) is 0 Å². The Balaban J connectivity index is 1.68. The maximum Gasteiger partial charge on any atom is 0.159 e. The van der Waals surface area contributed by atoms with Gasteiger partial charge in [-0.3, -0.25) is 4.79 Å². The molecular weight excluding hydrogens is 392 g/mol. The van der Waals surface area contributed by atoms with Gasteiger partial charge in [-0.05, 0) is 78.4 Å². The van der Waals surface area contributed by atoms with Crippen molar-refractivity contribution in [3.63, 3.8) is 0 Å². The van der Waals surface area contributed by atoms with Crippen LogP contribution in [0.1, 0.15) is 120 Å². The van der Waals surface area contributed by atoms with Gasteiger partial charge >= 0.3 is 0 Å². The topological polar surface area (TPSA) is 37.3 Å². The molecule has 2 heteroatoms. The average Bonchev–Trinajstić information content (AvgIpc) is 2.98. The van der Waals surface area contributed by atoms with E-state index in [0.29, 0.717) is 12.2 Å². The van der Waals surface area contributed by atoms with Gasteiger partial charge in [0.1, 0.15) is 0 Å². The minimum atomic E-state index is -0.289. The van der Waals surface area contributed by atoms with Crippen molar-refractivity contribution in [3.8, 4) is 0 Å². The first kappa shape index (κ1) is 24.5. The van der Waals surface area contributed by atoms with Crippen LogP contribution < -0.4 is 0 Å². The van der Waals surface area contributed by atoms with Crippen LogP contribution in [0.15, 0.2) is 11.1 Å². The standard InChI is InChI=1S/C30H50O2/c1-19(2)10-9-11-20(3)21-12-17-30(8)26-22(13-16-29(21,30)7)28(6)15-14-25(32)27(4,5)24(28)18-23(26)31/h19-21,24-25,32H,9-18H2,1-8H3/t20-,21-,24-,25+,28-,29+,30+/m0/s1. The molecule has 0 radical (unpaired) electrons. The van der Waals surface area contributed by atoms with E-state index >= 15 is 0 Å². The largest absolute Gasteiger partial charge is 0.393 e. The lowest BCUT2D eigenvalue weighted by Gasteiger charge is -2.61. The van der Waals surface area contributed by atoms with Crippen LogP contribution >= 0.6 is 0 Å². The van der Waals surface area contributed by atoms with Gasteiger partial charge in [-0.25, -0.2) is 0 Å². The summed E-state index contributed by atoms with van der Waals surface area (Å²) < 4.78 is 0. The number of hydrogen-bond donors (Lipinski definition) is 1. The number of Topliss-reactive ketones (excluding diaryl/α,β-unsaturated/α-hetero) is 1. The molecule has 182 valence electrons. The molecule has 1 N–H and O–H groups in total. The quantitative estimate of drug-likeness (QED) is 0.473. The van der Waals surface area contributed by atoms with Gasteiger partial charge in [-0.15, -0.1) is 0 Å². The van der Waals surface area contributed by atoms with Crippen LogP contribution in [-0.2, 0) is 4.79 Å². The molecule has 0 unspecified atom stereocenters. The fourth-order valence-electron chi connectivity index (χ4n) is 9.35. The third-order valence-electron chi connectivity index (χ3n) is 11.7. The summed E-state index contributed by atoms with van der Waals surface area (Å²) in [5.41, 5.74) is 2.93. The molecule has 2 fully saturated rings. The minimum Gasteiger partial charge on any atom is -0.393 e. The molecular formula is C30H50O2. The predicted molar refractivity (Wildman–Crippen MR) is 133 cm³/mol. The predicted octanol–water partition coefficient (Wildman–Crippen LogP) is 7.74. The van der Waals surface area contributed by atoms with Gasteiger partial charge in [0.05, 0.1) is 6.10 Å². The third kappa shape index (κ3) is 3.32. The van der Waals surface area contributed by atoms with E-state index in [0.717, 1.165) is 37.0 Å². The zero-order valence-corrected chi connectivity index (χ0v) is 22.3. The Labute approximate surface area is 198 Å². The first-order valence-electron chi connectivity index (χ1n) is 13.7. The number of ketones is 1. The maximum absolute atomic E-state index is 13.9. The normalized spacial score (nSPS) is 44.3. The fraction of sp³-hybridized carbons (Fsp3) is 0.900. The van der Waals surface area contributed by atoms with E-state index in [4.69, 9.17) is 0 Å². The number of fused-ring (bicyclic) bond motifs is 4. The van der Waals surface area contributed by atoms with Crippen LogP contribution in [0.25, 0.3) is 0 Å². The Morgan fingerprint density at radius 2 is 1.66 bits per heavy atom. The molecule has 4 aliphatic carbocycles. The lowest BCUT2D eigenvalue weighted by Crippen LogP contribution is -2.57. The summed E-state index contributed by atoms with van der Waals surface area (Å²) in [4.78, 5) is 13.9. The Morgan fingerprint density at radius 1 is 0.969 bits per heavy atom. The maximum atomic E-state index is 13.9. The zero-order valence-electron chi connectivity index (χ0n) is 22.3. The van der Waals surface area contributed by atoms with Gasteiger partial charge in [0.2, 0.25) is 0 Å². The molecule has 0 amide bonds. The second kappa shape index (κ2) is 7.96. The summed E-state index contributed by atoms with van der Waals surface area (Å²) in [6, 6.07) is 0. The van der Waals surface area contributed by atoms with Crippen LogP contribution in [0.5, 0.6) is 0 Å².